The lowest BCUT2D eigenvalue weighted by Gasteiger charge is -2.25. The molecule has 0 aliphatic carbocycles. The second kappa shape index (κ2) is 9.48. The van der Waals surface area contributed by atoms with Gasteiger partial charge in [-0.15, -0.1) is 0 Å². The minimum absolute atomic E-state index is 0.172. The molecule has 4 aromatic rings. The highest BCUT2D eigenvalue weighted by Gasteiger charge is 2.18. The zero-order valence-corrected chi connectivity index (χ0v) is 19.3. The van der Waals surface area contributed by atoms with Gasteiger partial charge in [0.15, 0.2) is 16.6 Å². The number of ether oxygens (including phenoxy) is 3. The number of fused-ring (bicyclic) bond motifs is 2. The number of nitrogens with one attached hydrogen (secondary N) is 2. The number of aromatic nitrogens is 1. The topological polar surface area (TPSA) is 89.0 Å². The Hall–Kier alpha value is -3.98. The van der Waals surface area contributed by atoms with Crippen molar-refractivity contribution in [1.29, 1.82) is 0 Å². The summed E-state index contributed by atoms with van der Waals surface area (Å²) in [6.07, 6.45) is 1.61. The predicted molar refractivity (Wildman–Crippen MR) is 132 cm³/mol. The zero-order valence-electron chi connectivity index (χ0n) is 18.5. The monoisotopic (exact) mass is 477 g/mol. The maximum Gasteiger partial charge on any atom is 0.253 e. The van der Waals surface area contributed by atoms with E-state index in [1.807, 2.05) is 60.4 Å². The molecular formula is C25H23N3O5S. The summed E-state index contributed by atoms with van der Waals surface area (Å²) in [4.78, 5) is 17.7. The molecule has 34 heavy (non-hydrogen) atoms. The number of pyridine rings is 1. The molecule has 2 aromatic heterocycles. The van der Waals surface area contributed by atoms with E-state index in [9.17, 15) is 4.79 Å². The Balaban J connectivity index is 1.41. The number of furan rings is 1. The highest BCUT2D eigenvalue weighted by atomic mass is 32.1. The van der Waals surface area contributed by atoms with Crippen molar-refractivity contribution in [2.24, 2.45) is 0 Å². The van der Waals surface area contributed by atoms with Gasteiger partial charge >= 0.3 is 0 Å². The Morgan fingerprint density at radius 1 is 1.12 bits per heavy atom. The Morgan fingerprint density at radius 3 is 2.65 bits per heavy atom. The largest absolute Gasteiger partial charge is 0.494 e. The van der Waals surface area contributed by atoms with Gasteiger partial charge in [-0.1, -0.05) is 0 Å². The second-order valence-corrected chi connectivity index (χ2v) is 8.13. The fraction of sp³-hybridized carbons (Fsp3) is 0.200. The normalized spacial score (nSPS) is 12.0. The maximum atomic E-state index is 12.9. The summed E-state index contributed by atoms with van der Waals surface area (Å²) in [5.41, 5.74) is 1.87. The Labute approximate surface area is 201 Å². The summed E-state index contributed by atoms with van der Waals surface area (Å²) < 4.78 is 21.9. The van der Waals surface area contributed by atoms with E-state index in [1.54, 1.807) is 12.3 Å². The van der Waals surface area contributed by atoms with E-state index >= 15 is 0 Å². The quantitative estimate of drug-likeness (QED) is 0.372. The molecule has 0 radical (unpaired) electrons. The molecule has 2 N–H and O–H groups in total. The van der Waals surface area contributed by atoms with Crippen LogP contribution in [0.4, 0.5) is 5.69 Å². The first-order chi connectivity index (χ1) is 16.6. The van der Waals surface area contributed by atoms with Gasteiger partial charge in [0.1, 0.15) is 11.5 Å². The van der Waals surface area contributed by atoms with Crippen LogP contribution in [-0.4, -0.2) is 28.4 Å². The Morgan fingerprint density at radius 2 is 1.91 bits per heavy atom. The van der Waals surface area contributed by atoms with Crippen molar-refractivity contribution < 1.29 is 18.6 Å². The summed E-state index contributed by atoms with van der Waals surface area (Å²) in [5.74, 6) is 2.80. The van der Waals surface area contributed by atoms with Crippen LogP contribution >= 0.6 is 12.2 Å². The minimum Gasteiger partial charge on any atom is -0.494 e. The highest BCUT2D eigenvalue weighted by molar-refractivity contribution is 7.80. The van der Waals surface area contributed by atoms with E-state index in [1.165, 1.54) is 0 Å². The van der Waals surface area contributed by atoms with Crippen molar-refractivity contribution in [2.45, 2.75) is 20.0 Å². The lowest BCUT2D eigenvalue weighted by Crippen LogP contribution is -2.35. The molecule has 0 saturated carbocycles. The van der Waals surface area contributed by atoms with Gasteiger partial charge in [0, 0.05) is 22.7 Å². The number of rotatable bonds is 7. The van der Waals surface area contributed by atoms with Crippen molar-refractivity contribution in [3.05, 3.63) is 82.5 Å². The first-order valence-electron chi connectivity index (χ1n) is 10.9. The van der Waals surface area contributed by atoms with Crippen LogP contribution in [0.3, 0.4) is 0 Å². The molecule has 2 aromatic carbocycles. The number of nitrogens with zero attached hydrogens (tertiary/aromatic N) is 1. The van der Waals surface area contributed by atoms with Crippen LogP contribution in [0.5, 0.6) is 17.2 Å². The molecule has 174 valence electrons. The first kappa shape index (κ1) is 21.8. The number of benzene rings is 2. The van der Waals surface area contributed by atoms with E-state index < -0.39 is 0 Å². The SMILES string of the molecule is CCOc1ccc(NC(=S)N(Cc2ccco2)Cc2cc3cc4c(cc3[nH]c2=O)OCO4)cc1. The van der Waals surface area contributed by atoms with Crippen LogP contribution in [0.2, 0.25) is 0 Å². The minimum atomic E-state index is -0.195. The molecule has 3 heterocycles. The third-order valence-electron chi connectivity index (χ3n) is 5.41. The molecule has 0 amide bonds. The van der Waals surface area contributed by atoms with Crippen molar-refractivity contribution in [3.63, 3.8) is 0 Å². The van der Waals surface area contributed by atoms with Crippen LogP contribution in [0.1, 0.15) is 18.2 Å². The summed E-state index contributed by atoms with van der Waals surface area (Å²) in [6.45, 7) is 3.39. The van der Waals surface area contributed by atoms with Gasteiger partial charge in [-0.05, 0) is 67.7 Å². The number of anilines is 1. The fourth-order valence-corrected chi connectivity index (χ4v) is 4.01. The maximum absolute atomic E-state index is 12.9. The molecule has 0 bridgehead atoms. The number of H-pyrrole nitrogens is 1. The molecule has 1 aliphatic rings. The number of thiocarbonyl (C=S) groups is 1. The van der Waals surface area contributed by atoms with E-state index in [-0.39, 0.29) is 18.9 Å². The van der Waals surface area contributed by atoms with Gasteiger partial charge in [0.2, 0.25) is 6.79 Å². The predicted octanol–water partition coefficient (Wildman–Crippen LogP) is 4.65. The van der Waals surface area contributed by atoms with Crippen LogP contribution in [-0.2, 0) is 13.1 Å². The molecule has 0 unspecified atom stereocenters. The number of hydrogen-bond acceptors (Lipinski definition) is 6. The molecule has 9 heteroatoms. The fourth-order valence-electron chi connectivity index (χ4n) is 3.76. The Bertz CT molecular complexity index is 1370. The summed E-state index contributed by atoms with van der Waals surface area (Å²) >= 11 is 5.71. The van der Waals surface area contributed by atoms with Crippen molar-refractivity contribution in [2.75, 3.05) is 18.7 Å². The molecule has 8 nitrogen and oxygen atoms in total. The van der Waals surface area contributed by atoms with Gasteiger partial charge in [0.05, 0.1) is 31.5 Å². The number of hydrogen-bond donors (Lipinski definition) is 2. The van der Waals surface area contributed by atoms with Crippen LogP contribution in [0, 0.1) is 0 Å². The van der Waals surface area contributed by atoms with E-state index in [4.69, 9.17) is 30.8 Å². The van der Waals surface area contributed by atoms with Gasteiger partial charge < -0.3 is 33.8 Å². The second-order valence-electron chi connectivity index (χ2n) is 7.74. The van der Waals surface area contributed by atoms with E-state index in [2.05, 4.69) is 10.3 Å². The molecule has 0 spiro atoms. The highest BCUT2D eigenvalue weighted by Crippen LogP contribution is 2.35. The Kier molecular flexibility index (Phi) is 6.09. The first-order valence-corrected chi connectivity index (χ1v) is 11.3. The van der Waals surface area contributed by atoms with E-state index in [0.29, 0.717) is 40.8 Å². The third-order valence-corrected chi connectivity index (χ3v) is 5.77. The smallest absolute Gasteiger partial charge is 0.253 e. The zero-order chi connectivity index (χ0) is 23.5. The average Bonchev–Trinajstić information content (AvgIpc) is 3.51. The summed E-state index contributed by atoms with van der Waals surface area (Å²) in [6, 6.07) is 16.7. The molecule has 5 rings (SSSR count). The summed E-state index contributed by atoms with van der Waals surface area (Å²) in [5, 5.41) is 4.56. The standard InChI is InChI=1S/C25H23N3O5S/c1-2-30-19-7-5-18(6-8-19)26-25(34)28(14-20-4-3-9-31-20)13-17-10-16-11-22-23(33-15-32-22)12-21(16)27-24(17)29/h3-12H,2,13-15H2,1H3,(H,26,34)(H,27,29). The molecule has 0 fully saturated rings. The van der Waals surface area contributed by atoms with Crippen molar-refractivity contribution in [3.8, 4) is 17.2 Å². The van der Waals surface area contributed by atoms with Crippen LogP contribution < -0.4 is 25.1 Å². The molecular weight excluding hydrogens is 454 g/mol. The van der Waals surface area contributed by atoms with Gasteiger partial charge in [-0.3, -0.25) is 4.79 Å². The third kappa shape index (κ3) is 4.69. The average molecular weight is 478 g/mol. The van der Waals surface area contributed by atoms with Crippen LogP contribution in [0.25, 0.3) is 10.9 Å². The lowest BCUT2D eigenvalue weighted by atomic mass is 10.1. The summed E-state index contributed by atoms with van der Waals surface area (Å²) in [7, 11) is 0. The van der Waals surface area contributed by atoms with Crippen LogP contribution in [0.15, 0.2) is 70.1 Å². The van der Waals surface area contributed by atoms with Gasteiger partial charge in [-0.25, -0.2) is 0 Å². The number of aromatic amines is 1. The van der Waals surface area contributed by atoms with E-state index in [0.717, 1.165) is 22.6 Å². The van der Waals surface area contributed by atoms with Gasteiger partial charge in [-0.2, -0.15) is 0 Å². The van der Waals surface area contributed by atoms with Crippen molar-refractivity contribution in [1.82, 2.24) is 9.88 Å². The lowest BCUT2D eigenvalue weighted by molar-refractivity contribution is 0.174. The van der Waals surface area contributed by atoms with Gasteiger partial charge in [0.25, 0.3) is 5.56 Å². The van der Waals surface area contributed by atoms with Crippen molar-refractivity contribution >= 4 is 33.9 Å². The molecule has 1 aliphatic heterocycles. The molecule has 0 saturated heterocycles. The molecule has 0 atom stereocenters.